The van der Waals surface area contributed by atoms with Crippen LogP contribution in [0.5, 0.6) is 0 Å². The molecule has 0 bridgehead atoms. The third kappa shape index (κ3) is 5.20. The van der Waals surface area contributed by atoms with E-state index in [1.54, 1.807) is 0 Å². The van der Waals surface area contributed by atoms with Crippen molar-refractivity contribution in [3.8, 4) is 0 Å². The van der Waals surface area contributed by atoms with Crippen molar-refractivity contribution in [2.45, 2.75) is 46.1 Å². The third-order valence-corrected chi connectivity index (χ3v) is 4.86. The fraction of sp³-hybridized carbons (Fsp3) is 0.471. The highest BCUT2D eigenvalue weighted by atomic mass is 79.9. The van der Waals surface area contributed by atoms with Gasteiger partial charge in [-0.1, -0.05) is 48.3 Å². The molecule has 0 amide bonds. The Kier molecular flexibility index (Phi) is 6.87. The zero-order valence-corrected chi connectivity index (χ0v) is 15.2. The van der Waals surface area contributed by atoms with E-state index in [1.807, 2.05) is 11.3 Å². The van der Waals surface area contributed by atoms with Crippen LogP contribution in [0.4, 0.5) is 0 Å². The van der Waals surface area contributed by atoms with Crippen LogP contribution in [0.1, 0.15) is 47.8 Å². The second kappa shape index (κ2) is 8.66. The van der Waals surface area contributed by atoms with E-state index in [1.165, 1.54) is 27.6 Å². The van der Waals surface area contributed by atoms with Gasteiger partial charge in [-0.05, 0) is 37.1 Å². The molecular weight excluding hydrogens is 344 g/mol. The fourth-order valence-corrected chi connectivity index (χ4v) is 3.85. The minimum Gasteiger partial charge on any atom is -0.312 e. The molecule has 0 fully saturated rings. The molecule has 1 aromatic heterocycles. The van der Waals surface area contributed by atoms with Gasteiger partial charge in [-0.2, -0.15) is 0 Å². The summed E-state index contributed by atoms with van der Waals surface area (Å²) in [6, 6.07) is 8.49. The van der Waals surface area contributed by atoms with Crippen LogP contribution in [0.3, 0.4) is 0 Å². The lowest BCUT2D eigenvalue weighted by Gasteiger charge is -2.02. The number of nitrogens with one attached hydrogen (secondary N) is 1. The monoisotopic (exact) mass is 366 g/mol. The van der Waals surface area contributed by atoms with Gasteiger partial charge in [0, 0.05) is 22.3 Å². The quantitative estimate of drug-likeness (QED) is 0.668. The highest BCUT2D eigenvalue weighted by molar-refractivity contribution is 9.10. The average molecular weight is 367 g/mol. The van der Waals surface area contributed by atoms with Crippen molar-refractivity contribution in [3.63, 3.8) is 0 Å². The predicted octanol–water partition coefficient (Wildman–Crippen LogP) is 4.95. The number of halogens is 1. The Bertz CT molecular complexity index is 566. The Morgan fingerprint density at radius 2 is 2.10 bits per heavy atom. The molecule has 1 aromatic carbocycles. The molecule has 0 aliphatic rings. The molecule has 1 heterocycles. The number of nitrogens with zero attached hydrogens (tertiary/aromatic N) is 1. The molecule has 2 rings (SSSR count). The SMILES string of the molecule is CCCNCc1sc(Cc2cccc(Br)c2)nc1CCC. The van der Waals surface area contributed by atoms with Gasteiger partial charge >= 0.3 is 0 Å². The van der Waals surface area contributed by atoms with E-state index in [0.29, 0.717) is 0 Å². The average Bonchev–Trinajstić information content (AvgIpc) is 2.81. The number of thiazole rings is 1. The van der Waals surface area contributed by atoms with Gasteiger partial charge in [-0.15, -0.1) is 11.3 Å². The van der Waals surface area contributed by atoms with Crippen LogP contribution >= 0.6 is 27.3 Å². The van der Waals surface area contributed by atoms with E-state index in [9.17, 15) is 0 Å². The molecule has 0 saturated heterocycles. The van der Waals surface area contributed by atoms with Crippen molar-refractivity contribution in [3.05, 3.63) is 49.9 Å². The molecule has 0 saturated carbocycles. The summed E-state index contributed by atoms with van der Waals surface area (Å²) >= 11 is 5.40. The van der Waals surface area contributed by atoms with Crippen LogP contribution in [0.15, 0.2) is 28.7 Å². The maximum Gasteiger partial charge on any atom is 0.0975 e. The first-order chi connectivity index (χ1) is 10.2. The Labute approximate surface area is 140 Å². The molecule has 0 radical (unpaired) electrons. The molecule has 0 atom stereocenters. The summed E-state index contributed by atoms with van der Waals surface area (Å²) in [5, 5.41) is 4.73. The van der Waals surface area contributed by atoms with Gasteiger partial charge in [0.25, 0.3) is 0 Å². The van der Waals surface area contributed by atoms with Gasteiger partial charge in [0.2, 0.25) is 0 Å². The second-order valence-corrected chi connectivity index (χ2v) is 7.29. The number of aryl methyl sites for hydroxylation is 1. The molecule has 0 aliphatic carbocycles. The van der Waals surface area contributed by atoms with Crippen molar-refractivity contribution in [1.82, 2.24) is 10.3 Å². The van der Waals surface area contributed by atoms with E-state index in [4.69, 9.17) is 4.98 Å². The lowest BCUT2D eigenvalue weighted by atomic mass is 10.1. The molecule has 114 valence electrons. The molecule has 0 spiro atoms. The summed E-state index contributed by atoms with van der Waals surface area (Å²) in [5.41, 5.74) is 2.60. The number of rotatable bonds is 8. The highest BCUT2D eigenvalue weighted by Crippen LogP contribution is 2.23. The van der Waals surface area contributed by atoms with Gasteiger partial charge in [-0.25, -0.2) is 4.98 Å². The Hall–Kier alpha value is -0.710. The van der Waals surface area contributed by atoms with Gasteiger partial charge in [-0.3, -0.25) is 0 Å². The van der Waals surface area contributed by atoms with Crippen molar-refractivity contribution >= 4 is 27.3 Å². The fourth-order valence-electron chi connectivity index (χ4n) is 2.28. The molecule has 0 unspecified atom stereocenters. The van der Waals surface area contributed by atoms with Crippen molar-refractivity contribution < 1.29 is 0 Å². The Morgan fingerprint density at radius 3 is 2.81 bits per heavy atom. The summed E-state index contributed by atoms with van der Waals surface area (Å²) in [4.78, 5) is 6.28. The number of aromatic nitrogens is 1. The lowest BCUT2D eigenvalue weighted by Crippen LogP contribution is -2.13. The van der Waals surface area contributed by atoms with Gasteiger partial charge < -0.3 is 5.32 Å². The number of hydrogen-bond acceptors (Lipinski definition) is 3. The highest BCUT2D eigenvalue weighted by Gasteiger charge is 2.11. The third-order valence-electron chi connectivity index (χ3n) is 3.27. The maximum atomic E-state index is 4.87. The minimum atomic E-state index is 0.925. The molecular formula is C17H23BrN2S. The summed E-state index contributed by atoms with van der Waals surface area (Å²) in [6.45, 7) is 6.45. The van der Waals surface area contributed by atoms with E-state index in [0.717, 1.165) is 36.8 Å². The van der Waals surface area contributed by atoms with Gasteiger partial charge in [0.15, 0.2) is 0 Å². The van der Waals surface area contributed by atoms with Gasteiger partial charge in [0.05, 0.1) is 10.7 Å². The first kappa shape index (κ1) is 16.7. The topological polar surface area (TPSA) is 24.9 Å². The smallest absolute Gasteiger partial charge is 0.0975 e. The van der Waals surface area contributed by atoms with Crippen molar-refractivity contribution in [2.24, 2.45) is 0 Å². The Morgan fingerprint density at radius 1 is 1.24 bits per heavy atom. The zero-order chi connectivity index (χ0) is 15.1. The van der Waals surface area contributed by atoms with Crippen LogP contribution in [-0.4, -0.2) is 11.5 Å². The molecule has 4 heteroatoms. The van der Waals surface area contributed by atoms with E-state index < -0.39 is 0 Å². The van der Waals surface area contributed by atoms with Gasteiger partial charge in [0.1, 0.15) is 0 Å². The first-order valence-corrected chi connectivity index (χ1v) is 9.26. The maximum absolute atomic E-state index is 4.87. The molecule has 0 aliphatic heterocycles. The lowest BCUT2D eigenvalue weighted by molar-refractivity contribution is 0.674. The predicted molar refractivity (Wildman–Crippen MR) is 95.1 cm³/mol. The number of benzene rings is 1. The number of hydrogen-bond donors (Lipinski definition) is 1. The molecule has 2 nitrogen and oxygen atoms in total. The van der Waals surface area contributed by atoms with Crippen molar-refractivity contribution in [2.75, 3.05) is 6.54 Å². The molecule has 2 aromatic rings. The van der Waals surface area contributed by atoms with Crippen LogP contribution < -0.4 is 5.32 Å². The Balaban J connectivity index is 2.10. The normalized spacial score (nSPS) is 11.0. The zero-order valence-electron chi connectivity index (χ0n) is 12.8. The summed E-state index contributed by atoms with van der Waals surface area (Å²) < 4.78 is 1.13. The van der Waals surface area contributed by atoms with E-state index >= 15 is 0 Å². The molecule has 1 N–H and O–H groups in total. The van der Waals surface area contributed by atoms with Crippen LogP contribution in [-0.2, 0) is 19.4 Å². The second-order valence-electron chi connectivity index (χ2n) is 5.21. The van der Waals surface area contributed by atoms with Crippen molar-refractivity contribution in [1.29, 1.82) is 0 Å². The van der Waals surface area contributed by atoms with Crippen LogP contribution in [0, 0.1) is 0 Å². The standard InChI is InChI=1S/C17H23BrN2S/c1-3-6-15-16(12-19-9-4-2)21-17(20-15)11-13-7-5-8-14(18)10-13/h5,7-8,10,19H,3-4,6,9,11-12H2,1-2H3. The van der Waals surface area contributed by atoms with Crippen LogP contribution in [0.25, 0.3) is 0 Å². The summed E-state index contributed by atoms with van der Waals surface area (Å²) in [5.74, 6) is 0. The summed E-state index contributed by atoms with van der Waals surface area (Å²) in [7, 11) is 0. The minimum absolute atomic E-state index is 0.925. The summed E-state index contributed by atoms with van der Waals surface area (Å²) in [6.07, 6.45) is 4.33. The van der Waals surface area contributed by atoms with E-state index in [-0.39, 0.29) is 0 Å². The largest absolute Gasteiger partial charge is 0.312 e. The molecule has 21 heavy (non-hydrogen) atoms. The first-order valence-electron chi connectivity index (χ1n) is 7.65. The van der Waals surface area contributed by atoms with E-state index in [2.05, 4.69) is 59.4 Å². The van der Waals surface area contributed by atoms with Crippen LogP contribution in [0.2, 0.25) is 0 Å².